The lowest BCUT2D eigenvalue weighted by Gasteiger charge is -2.19. The van der Waals surface area contributed by atoms with Gasteiger partial charge in [0.15, 0.2) is 0 Å². The molecule has 1 aliphatic rings. The van der Waals surface area contributed by atoms with Crippen LogP contribution in [0.3, 0.4) is 0 Å². The van der Waals surface area contributed by atoms with Gasteiger partial charge in [-0.3, -0.25) is 0 Å². The molecule has 1 aliphatic carbocycles. The zero-order valence-electron chi connectivity index (χ0n) is 12.3. The van der Waals surface area contributed by atoms with E-state index in [2.05, 4.69) is 24.0 Å². The van der Waals surface area contributed by atoms with Gasteiger partial charge < -0.3 is 14.8 Å². The third-order valence-corrected chi connectivity index (χ3v) is 3.65. The Morgan fingerprint density at radius 2 is 2.05 bits per heavy atom. The van der Waals surface area contributed by atoms with Gasteiger partial charge in [0.2, 0.25) is 0 Å². The summed E-state index contributed by atoms with van der Waals surface area (Å²) < 4.78 is 10.8. The van der Waals surface area contributed by atoms with Crippen LogP contribution in [0.5, 0.6) is 5.75 Å². The van der Waals surface area contributed by atoms with Gasteiger partial charge in [-0.15, -0.1) is 6.58 Å². The highest BCUT2D eigenvalue weighted by Gasteiger charge is 2.31. The van der Waals surface area contributed by atoms with Gasteiger partial charge in [-0.25, -0.2) is 0 Å². The van der Waals surface area contributed by atoms with E-state index in [1.165, 1.54) is 18.4 Å². The number of nitrogens with one attached hydrogen (secondary N) is 1. The minimum absolute atomic E-state index is 0.448. The zero-order valence-corrected chi connectivity index (χ0v) is 12.3. The summed E-state index contributed by atoms with van der Waals surface area (Å²) in [7, 11) is 1.70. The van der Waals surface area contributed by atoms with Crippen molar-refractivity contribution in [2.75, 3.05) is 26.9 Å². The summed E-state index contributed by atoms with van der Waals surface area (Å²) in [6.07, 6.45) is 5.45. The zero-order chi connectivity index (χ0) is 14.2. The highest BCUT2D eigenvalue weighted by molar-refractivity contribution is 5.30. The average molecular weight is 275 g/mol. The van der Waals surface area contributed by atoms with Crippen molar-refractivity contribution in [1.29, 1.82) is 0 Å². The Balaban J connectivity index is 1.79. The van der Waals surface area contributed by atoms with Gasteiger partial charge in [0.25, 0.3) is 0 Å². The van der Waals surface area contributed by atoms with E-state index in [0.717, 1.165) is 37.8 Å². The molecule has 0 aromatic heterocycles. The molecule has 1 N–H and O–H groups in total. The van der Waals surface area contributed by atoms with Crippen LogP contribution in [0.25, 0.3) is 0 Å². The van der Waals surface area contributed by atoms with Gasteiger partial charge in [-0.1, -0.05) is 18.2 Å². The van der Waals surface area contributed by atoms with Gasteiger partial charge in [-0.2, -0.15) is 0 Å². The van der Waals surface area contributed by atoms with Crippen LogP contribution in [0.4, 0.5) is 0 Å². The highest BCUT2D eigenvalue weighted by Crippen LogP contribution is 2.41. The topological polar surface area (TPSA) is 30.5 Å². The maximum Gasteiger partial charge on any atom is 0.118 e. The Morgan fingerprint density at radius 3 is 2.65 bits per heavy atom. The summed E-state index contributed by atoms with van der Waals surface area (Å²) in [6, 6.07) is 8.84. The maximum atomic E-state index is 5.54. The Kier molecular flexibility index (Phi) is 6.09. The fraction of sp³-hybridized carbons (Fsp3) is 0.529. The van der Waals surface area contributed by atoms with E-state index in [-0.39, 0.29) is 0 Å². The number of hydrogen-bond donors (Lipinski definition) is 1. The summed E-state index contributed by atoms with van der Waals surface area (Å²) in [4.78, 5) is 0. The molecule has 110 valence electrons. The first-order chi connectivity index (χ1) is 9.85. The van der Waals surface area contributed by atoms with Gasteiger partial charge in [0, 0.05) is 12.6 Å². The van der Waals surface area contributed by atoms with Crippen molar-refractivity contribution in [2.24, 2.45) is 5.92 Å². The van der Waals surface area contributed by atoms with Crippen LogP contribution in [-0.4, -0.2) is 26.9 Å². The molecular formula is C17H25NO2. The summed E-state index contributed by atoms with van der Waals surface area (Å²) >= 11 is 0. The average Bonchev–Trinajstić information content (AvgIpc) is 3.31. The minimum Gasteiger partial charge on any atom is -0.497 e. The molecule has 0 radical (unpaired) electrons. The van der Waals surface area contributed by atoms with Crippen molar-refractivity contribution in [3.8, 4) is 5.75 Å². The standard InChI is InChI=1S/C17H25NO2/c1-3-4-12-20-13-11-18-17(14-5-6-14)15-7-9-16(19-2)10-8-15/h3,7-10,14,17-18H,1,4-6,11-13H2,2H3. The van der Waals surface area contributed by atoms with Crippen molar-refractivity contribution in [3.05, 3.63) is 42.5 Å². The monoisotopic (exact) mass is 275 g/mol. The first kappa shape index (κ1) is 15.1. The lowest BCUT2D eigenvalue weighted by atomic mass is 10.0. The quantitative estimate of drug-likeness (QED) is 0.525. The number of rotatable bonds is 10. The van der Waals surface area contributed by atoms with Crippen LogP contribution >= 0.6 is 0 Å². The van der Waals surface area contributed by atoms with E-state index < -0.39 is 0 Å². The van der Waals surface area contributed by atoms with E-state index >= 15 is 0 Å². The lowest BCUT2D eigenvalue weighted by Crippen LogP contribution is -2.27. The minimum atomic E-state index is 0.448. The molecule has 2 rings (SSSR count). The van der Waals surface area contributed by atoms with Crippen LogP contribution in [0, 0.1) is 5.92 Å². The van der Waals surface area contributed by atoms with Gasteiger partial charge in [0.05, 0.1) is 20.3 Å². The number of ether oxygens (including phenoxy) is 2. The van der Waals surface area contributed by atoms with Crippen molar-refractivity contribution >= 4 is 0 Å². The predicted octanol–water partition coefficient (Wildman–Crippen LogP) is 3.33. The first-order valence-corrected chi connectivity index (χ1v) is 7.41. The third kappa shape index (κ3) is 4.66. The van der Waals surface area contributed by atoms with E-state index in [1.807, 2.05) is 18.2 Å². The molecule has 1 aromatic carbocycles. The Labute approximate surface area is 122 Å². The second kappa shape index (κ2) is 8.08. The third-order valence-electron chi connectivity index (χ3n) is 3.65. The molecule has 0 bridgehead atoms. The Hall–Kier alpha value is -1.32. The van der Waals surface area contributed by atoms with Crippen LogP contribution in [-0.2, 0) is 4.74 Å². The molecule has 0 saturated heterocycles. The van der Waals surface area contributed by atoms with Gasteiger partial charge in [-0.05, 0) is 42.9 Å². The largest absolute Gasteiger partial charge is 0.497 e. The molecule has 1 fully saturated rings. The van der Waals surface area contributed by atoms with E-state index in [0.29, 0.717) is 6.04 Å². The van der Waals surface area contributed by atoms with Crippen molar-refractivity contribution in [2.45, 2.75) is 25.3 Å². The second-order valence-electron chi connectivity index (χ2n) is 5.23. The van der Waals surface area contributed by atoms with Crippen molar-refractivity contribution in [3.63, 3.8) is 0 Å². The van der Waals surface area contributed by atoms with Gasteiger partial charge >= 0.3 is 0 Å². The smallest absolute Gasteiger partial charge is 0.118 e. The lowest BCUT2D eigenvalue weighted by molar-refractivity contribution is 0.137. The first-order valence-electron chi connectivity index (χ1n) is 7.41. The molecule has 1 unspecified atom stereocenters. The fourth-order valence-electron chi connectivity index (χ4n) is 2.35. The fourth-order valence-corrected chi connectivity index (χ4v) is 2.35. The number of benzene rings is 1. The molecule has 0 heterocycles. The second-order valence-corrected chi connectivity index (χ2v) is 5.23. The maximum absolute atomic E-state index is 5.54. The molecule has 0 amide bonds. The Bertz CT molecular complexity index is 398. The van der Waals surface area contributed by atoms with Crippen LogP contribution in [0.15, 0.2) is 36.9 Å². The highest BCUT2D eigenvalue weighted by atomic mass is 16.5. The molecule has 20 heavy (non-hydrogen) atoms. The SMILES string of the molecule is C=CCCOCCNC(c1ccc(OC)cc1)C1CC1. The molecule has 0 spiro atoms. The summed E-state index contributed by atoms with van der Waals surface area (Å²) in [6.45, 7) is 6.10. The number of hydrogen-bond acceptors (Lipinski definition) is 3. The van der Waals surface area contributed by atoms with E-state index in [4.69, 9.17) is 9.47 Å². The predicted molar refractivity (Wildman–Crippen MR) is 82.1 cm³/mol. The number of methoxy groups -OCH3 is 1. The summed E-state index contributed by atoms with van der Waals surface area (Å²) in [5, 5.41) is 3.62. The van der Waals surface area contributed by atoms with E-state index in [9.17, 15) is 0 Å². The molecule has 1 saturated carbocycles. The molecular weight excluding hydrogens is 250 g/mol. The van der Waals surface area contributed by atoms with Gasteiger partial charge in [0.1, 0.15) is 5.75 Å². The summed E-state index contributed by atoms with van der Waals surface area (Å²) in [5.74, 6) is 1.69. The normalized spacial score (nSPS) is 15.8. The van der Waals surface area contributed by atoms with Crippen LogP contribution in [0.1, 0.15) is 30.9 Å². The van der Waals surface area contributed by atoms with Crippen LogP contribution in [0.2, 0.25) is 0 Å². The molecule has 3 heteroatoms. The molecule has 0 aliphatic heterocycles. The van der Waals surface area contributed by atoms with Crippen molar-refractivity contribution < 1.29 is 9.47 Å². The van der Waals surface area contributed by atoms with Crippen LogP contribution < -0.4 is 10.1 Å². The van der Waals surface area contributed by atoms with E-state index in [1.54, 1.807) is 7.11 Å². The summed E-state index contributed by atoms with van der Waals surface area (Å²) in [5.41, 5.74) is 1.35. The molecule has 3 nitrogen and oxygen atoms in total. The Morgan fingerprint density at radius 1 is 1.30 bits per heavy atom. The molecule has 1 aromatic rings. The van der Waals surface area contributed by atoms with Crippen molar-refractivity contribution in [1.82, 2.24) is 5.32 Å². The molecule has 1 atom stereocenters.